The van der Waals surface area contributed by atoms with E-state index < -0.39 is 0 Å². The highest BCUT2D eigenvalue weighted by Gasteiger charge is 2.30. The van der Waals surface area contributed by atoms with Crippen LogP contribution < -0.4 is 5.32 Å². The maximum atomic E-state index is 11.1. The molecule has 2 rings (SSSR count). The lowest BCUT2D eigenvalue weighted by Gasteiger charge is -2.24. The average Bonchev–Trinajstić information content (AvgIpc) is 3.28. The summed E-state index contributed by atoms with van der Waals surface area (Å²) in [4.78, 5) is 13.1. The zero-order chi connectivity index (χ0) is 15.4. The van der Waals surface area contributed by atoms with Crippen LogP contribution in [-0.2, 0) is 6.54 Å². The molecule has 5 heteroatoms. The lowest BCUT2D eigenvalue weighted by molar-refractivity contribution is -0.384. The highest BCUT2D eigenvalue weighted by Crippen LogP contribution is 2.35. The summed E-state index contributed by atoms with van der Waals surface area (Å²) in [6, 6.07) is 5.98. The molecule has 1 saturated carbocycles. The van der Waals surface area contributed by atoms with Crippen LogP contribution in [0.25, 0.3) is 0 Å². The first-order valence-electron chi connectivity index (χ1n) is 7.74. The number of nitrogens with one attached hydrogen (secondary N) is 1. The van der Waals surface area contributed by atoms with E-state index in [-0.39, 0.29) is 10.6 Å². The molecule has 1 atom stereocenters. The molecule has 116 valence electrons. The molecule has 0 aromatic heterocycles. The zero-order valence-corrected chi connectivity index (χ0v) is 13.1. The van der Waals surface area contributed by atoms with Crippen molar-refractivity contribution in [2.45, 2.75) is 45.7 Å². The van der Waals surface area contributed by atoms with Gasteiger partial charge in [0, 0.05) is 25.2 Å². The zero-order valence-electron chi connectivity index (χ0n) is 13.1. The molecule has 1 unspecified atom stereocenters. The first-order chi connectivity index (χ1) is 10.0. The molecule has 5 nitrogen and oxygen atoms in total. The average molecular weight is 291 g/mol. The molecule has 1 N–H and O–H groups in total. The molecular formula is C16H25N3O2. The molecule has 1 fully saturated rings. The maximum absolute atomic E-state index is 11.1. The Morgan fingerprint density at radius 1 is 1.48 bits per heavy atom. The Bertz CT molecular complexity index is 500. The van der Waals surface area contributed by atoms with E-state index in [4.69, 9.17) is 0 Å². The predicted molar refractivity (Wildman–Crippen MR) is 85.5 cm³/mol. The third-order valence-corrected chi connectivity index (χ3v) is 4.25. The third kappa shape index (κ3) is 4.17. The molecule has 1 aromatic carbocycles. The van der Waals surface area contributed by atoms with Crippen molar-refractivity contribution in [3.63, 3.8) is 0 Å². The summed E-state index contributed by atoms with van der Waals surface area (Å²) < 4.78 is 0. The van der Waals surface area contributed by atoms with Crippen LogP contribution in [0.15, 0.2) is 18.2 Å². The molecular weight excluding hydrogens is 266 g/mol. The molecule has 0 heterocycles. The second-order valence-corrected chi connectivity index (χ2v) is 6.03. The maximum Gasteiger partial charge on any atom is 0.292 e. The Kier molecular flexibility index (Phi) is 5.17. The summed E-state index contributed by atoms with van der Waals surface area (Å²) in [5.41, 5.74) is 1.91. The van der Waals surface area contributed by atoms with Crippen LogP contribution in [0.5, 0.6) is 0 Å². The van der Waals surface area contributed by atoms with Crippen LogP contribution in [0.1, 0.15) is 38.7 Å². The van der Waals surface area contributed by atoms with Crippen molar-refractivity contribution in [3.8, 4) is 0 Å². The first-order valence-corrected chi connectivity index (χ1v) is 7.74. The Labute approximate surface area is 126 Å². The Morgan fingerprint density at radius 2 is 2.19 bits per heavy atom. The van der Waals surface area contributed by atoms with Gasteiger partial charge in [-0.1, -0.05) is 13.0 Å². The molecule has 0 saturated heterocycles. The van der Waals surface area contributed by atoms with E-state index in [1.165, 1.54) is 12.8 Å². The molecule has 0 amide bonds. The molecule has 21 heavy (non-hydrogen) atoms. The van der Waals surface area contributed by atoms with Crippen molar-refractivity contribution in [1.29, 1.82) is 0 Å². The van der Waals surface area contributed by atoms with Gasteiger partial charge in [0.15, 0.2) is 0 Å². The van der Waals surface area contributed by atoms with Crippen LogP contribution in [0.4, 0.5) is 11.4 Å². The standard InChI is InChI=1S/C16H25N3O2/c1-4-9-17-15-10-13(5-8-16(15)19(20)21)11-18(3)12(2)14-6-7-14/h5,8,10,12,14,17H,4,6-7,9,11H2,1-3H3. The molecule has 0 spiro atoms. The van der Waals surface area contributed by atoms with Crippen molar-refractivity contribution < 1.29 is 4.92 Å². The van der Waals surface area contributed by atoms with Gasteiger partial charge in [0.1, 0.15) is 5.69 Å². The fourth-order valence-corrected chi connectivity index (χ4v) is 2.61. The molecule has 0 aliphatic heterocycles. The first kappa shape index (κ1) is 15.8. The number of nitro groups is 1. The van der Waals surface area contributed by atoms with E-state index in [2.05, 4.69) is 24.2 Å². The van der Waals surface area contributed by atoms with E-state index in [0.717, 1.165) is 31.0 Å². The van der Waals surface area contributed by atoms with E-state index in [1.807, 2.05) is 19.1 Å². The van der Waals surface area contributed by atoms with Gasteiger partial charge in [-0.3, -0.25) is 15.0 Å². The predicted octanol–water partition coefficient (Wildman–Crippen LogP) is 3.65. The lowest BCUT2D eigenvalue weighted by atomic mass is 10.1. The number of nitrogens with zero attached hydrogens (tertiary/aromatic N) is 2. The van der Waals surface area contributed by atoms with Crippen molar-refractivity contribution in [1.82, 2.24) is 4.90 Å². The summed E-state index contributed by atoms with van der Waals surface area (Å²) in [5.74, 6) is 0.825. The highest BCUT2D eigenvalue weighted by atomic mass is 16.6. The van der Waals surface area contributed by atoms with Crippen LogP contribution >= 0.6 is 0 Å². The fourth-order valence-electron chi connectivity index (χ4n) is 2.61. The van der Waals surface area contributed by atoms with Crippen molar-refractivity contribution in [2.24, 2.45) is 5.92 Å². The number of rotatable bonds is 8. The Morgan fingerprint density at radius 3 is 2.76 bits per heavy atom. The molecule has 1 aliphatic carbocycles. The van der Waals surface area contributed by atoms with E-state index in [9.17, 15) is 10.1 Å². The summed E-state index contributed by atoms with van der Waals surface area (Å²) in [5, 5.41) is 14.2. The van der Waals surface area contributed by atoms with Gasteiger partial charge >= 0.3 is 0 Å². The normalized spacial score (nSPS) is 16.0. The summed E-state index contributed by atoms with van der Waals surface area (Å²) in [6.07, 6.45) is 3.60. The number of hydrogen-bond acceptors (Lipinski definition) is 4. The smallest absolute Gasteiger partial charge is 0.292 e. The van der Waals surface area contributed by atoms with Gasteiger partial charge in [-0.15, -0.1) is 0 Å². The van der Waals surface area contributed by atoms with Gasteiger partial charge in [-0.2, -0.15) is 0 Å². The summed E-state index contributed by atoms with van der Waals surface area (Å²) in [7, 11) is 2.13. The summed E-state index contributed by atoms with van der Waals surface area (Å²) >= 11 is 0. The topological polar surface area (TPSA) is 58.4 Å². The van der Waals surface area contributed by atoms with Crippen LogP contribution in [-0.4, -0.2) is 29.5 Å². The van der Waals surface area contributed by atoms with Crippen molar-refractivity contribution >= 4 is 11.4 Å². The van der Waals surface area contributed by atoms with Gasteiger partial charge in [-0.05, 0) is 50.8 Å². The number of hydrogen-bond donors (Lipinski definition) is 1. The van der Waals surface area contributed by atoms with E-state index in [0.29, 0.717) is 11.7 Å². The van der Waals surface area contributed by atoms with Gasteiger partial charge in [-0.25, -0.2) is 0 Å². The van der Waals surface area contributed by atoms with Gasteiger partial charge in [0.05, 0.1) is 4.92 Å². The van der Waals surface area contributed by atoms with E-state index in [1.54, 1.807) is 6.07 Å². The second-order valence-electron chi connectivity index (χ2n) is 6.03. The molecule has 0 bridgehead atoms. The minimum Gasteiger partial charge on any atom is -0.379 e. The minimum absolute atomic E-state index is 0.157. The van der Waals surface area contributed by atoms with Gasteiger partial charge in [0.25, 0.3) is 5.69 Å². The molecule has 1 aliphatic rings. The molecule has 1 aromatic rings. The van der Waals surface area contributed by atoms with Crippen LogP contribution in [0.2, 0.25) is 0 Å². The lowest BCUT2D eigenvalue weighted by Crippen LogP contribution is -2.30. The fraction of sp³-hybridized carbons (Fsp3) is 0.625. The summed E-state index contributed by atoms with van der Waals surface area (Å²) in [6.45, 7) is 5.89. The Balaban J connectivity index is 2.10. The second kappa shape index (κ2) is 6.89. The SMILES string of the molecule is CCCNc1cc(CN(C)C(C)C2CC2)ccc1[N+](=O)[O-]. The largest absolute Gasteiger partial charge is 0.379 e. The van der Waals surface area contributed by atoms with E-state index >= 15 is 0 Å². The number of benzene rings is 1. The molecule has 0 radical (unpaired) electrons. The highest BCUT2D eigenvalue weighted by molar-refractivity contribution is 5.62. The van der Waals surface area contributed by atoms with Crippen LogP contribution in [0, 0.1) is 16.0 Å². The quantitative estimate of drug-likeness (QED) is 0.586. The van der Waals surface area contributed by atoms with Gasteiger partial charge < -0.3 is 5.32 Å². The van der Waals surface area contributed by atoms with Crippen molar-refractivity contribution in [3.05, 3.63) is 33.9 Å². The minimum atomic E-state index is -0.321. The third-order valence-electron chi connectivity index (χ3n) is 4.25. The van der Waals surface area contributed by atoms with Gasteiger partial charge in [0.2, 0.25) is 0 Å². The number of anilines is 1. The van der Waals surface area contributed by atoms with Crippen LogP contribution in [0.3, 0.4) is 0 Å². The monoisotopic (exact) mass is 291 g/mol. The number of nitro benzene ring substituents is 1. The van der Waals surface area contributed by atoms with Crippen molar-refractivity contribution in [2.75, 3.05) is 18.9 Å². The Hall–Kier alpha value is -1.62.